The van der Waals surface area contributed by atoms with Crippen molar-refractivity contribution >= 4 is 5.95 Å². The number of hydrogen-bond donors (Lipinski definition) is 1. The number of aromatic nitrogens is 2. The van der Waals surface area contributed by atoms with Gasteiger partial charge in [0.2, 0.25) is 5.95 Å². The lowest BCUT2D eigenvalue weighted by Crippen LogP contribution is -2.06. The fraction of sp³-hybridized carbons (Fsp3) is 0.357. The van der Waals surface area contributed by atoms with Gasteiger partial charge in [0.05, 0.1) is 0 Å². The smallest absolute Gasteiger partial charge is 0.207 e. The number of benzene rings is 1. The van der Waals surface area contributed by atoms with Crippen molar-refractivity contribution in [2.75, 3.05) is 11.9 Å². The molecule has 0 bridgehead atoms. The number of aryl methyl sites for hydroxylation is 1. The van der Waals surface area contributed by atoms with Crippen LogP contribution in [0.25, 0.3) is 5.69 Å². The molecule has 0 spiro atoms. The number of anilines is 1. The van der Waals surface area contributed by atoms with Crippen molar-refractivity contribution in [1.82, 2.24) is 9.55 Å². The highest BCUT2D eigenvalue weighted by molar-refractivity contribution is 5.42. The minimum atomic E-state index is 0.913. The Labute approximate surface area is 103 Å². The van der Waals surface area contributed by atoms with Crippen molar-refractivity contribution in [1.29, 1.82) is 0 Å². The van der Waals surface area contributed by atoms with Crippen LogP contribution in [0.2, 0.25) is 0 Å². The van der Waals surface area contributed by atoms with Crippen LogP contribution in [-0.4, -0.2) is 16.1 Å². The quantitative estimate of drug-likeness (QED) is 0.853. The summed E-state index contributed by atoms with van der Waals surface area (Å²) >= 11 is 0. The zero-order valence-corrected chi connectivity index (χ0v) is 10.5. The largest absolute Gasteiger partial charge is 0.355 e. The van der Waals surface area contributed by atoms with E-state index in [0.717, 1.165) is 31.0 Å². The molecule has 17 heavy (non-hydrogen) atoms. The lowest BCUT2D eigenvalue weighted by atomic mass is 10.1. The van der Waals surface area contributed by atoms with Gasteiger partial charge in [0.15, 0.2) is 0 Å². The molecule has 0 atom stereocenters. The Hall–Kier alpha value is -1.77. The van der Waals surface area contributed by atoms with Crippen molar-refractivity contribution < 1.29 is 0 Å². The SMILES string of the molecule is CCCNc1nccn1-c1ccc(CC)cc1. The summed E-state index contributed by atoms with van der Waals surface area (Å²) in [5.74, 6) is 0.913. The Morgan fingerprint density at radius 2 is 1.94 bits per heavy atom. The fourth-order valence-corrected chi connectivity index (χ4v) is 1.77. The zero-order valence-electron chi connectivity index (χ0n) is 10.5. The Morgan fingerprint density at radius 1 is 1.18 bits per heavy atom. The van der Waals surface area contributed by atoms with E-state index < -0.39 is 0 Å². The number of hydrogen-bond acceptors (Lipinski definition) is 2. The topological polar surface area (TPSA) is 29.9 Å². The molecule has 0 aliphatic heterocycles. The molecular formula is C14H19N3. The normalized spacial score (nSPS) is 10.5. The third-order valence-corrected chi connectivity index (χ3v) is 2.80. The summed E-state index contributed by atoms with van der Waals surface area (Å²) in [5, 5.41) is 3.32. The molecule has 0 radical (unpaired) electrons. The van der Waals surface area contributed by atoms with E-state index in [1.807, 2.05) is 12.4 Å². The van der Waals surface area contributed by atoms with Gasteiger partial charge in [-0.3, -0.25) is 4.57 Å². The molecule has 90 valence electrons. The van der Waals surface area contributed by atoms with Crippen molar-refractivity contribution in [2.45, 2.75) is 26.7 Å². The molecule has 0 saturated heterocycles. The van der Waals surface area contributed by atoms with Gasteiger partial charge in [0.1, 0.15) is 0 Å². The van der Waals surface area contributed by atoms with Gasteiger partial charge >= 0.3 is 0 Å². The molecule has 0 amide bonds. The van der Waals surface area contributed by atoms with Crippen LogP contribution >= 0.6 is 0 Å². The van der Waals surface area contributed by atoms with Gasteiger partial charge in [-0.05, 0) is 30.5 Å². The highest BCUT2D eigenvalue weighted by Crippen LogP contribution is 2.15. The minimum absolute atomic E-state index is 0.913. The predicted octanol–water partition coefficient (Wildman–Crippen LogP) is 3.26. The monoisotopic (exact) mass is 229 g/mol. The van der Waals surface area contributed by atoms with Gasteiger partial charge in [-0.2, -0.15) is 0 Å². The van der Waals surface area contributed by atoms with E-state index in [2.05, 4.69) is 53.0 Å². The maximum atomic E-state index is 4.32. The van der Waals surface area contributed by atoms with Gasteiger partial charge in [0.25, 0.3) is 0 Å². The summed E-state index contributed by atoms with van der Waals surface area (Å²) in [6.45, 7) is 5.26. The second-order valence-electron chi connectivity index (χ2n) is 4.07. The lowest BCUT2D eigenvalue weighted by Gasteiger charge is -2.09. The molecule has 0 aliphatic carbocycles. The predicted molar refractivity (Wildman–Crippen MR) is 71.7 cm³/mol. The second-order valence-corrected chi connectivity index (χ2v) is 4.07. The van der Waals surface area contributed by atoms with E-state index >= 15 is 0 Å². The maximum absolute atomic E-state index is 4.32. The first-order valence-corrected chi connectivity index (χ1v) is 6.21. The van der Waals surface area contributed by atoms with Crippen molar-refractivity contribution in [2.24, 2.45) is 0 Å². The summed E-state index contributed by atoms with van der Waals surface area (Å²) in [6, 6.07) is 8.60. The first-order valence-electron chi connectivity index (χ1n) is 6.21. The molecule has 3 heteroatoms. The van der Waals surface area contributed by atoms with Gasteiger partial charge in [0, 0.05) is 24.6 Å². The van der Waals surface area contributed by atoms with E-state index in [4.69, 9.17) is 0 Å². The number of imidazole rings is 1. The minimum Gasteiger partial charge on any atom is -0.355 e. The van der Waals surface area contributed by atoms with Gasteiger partial charge in [-0.1, -0.05) is 26.0 Å². The zero-order chi connectivity index (χ0) is 12.1. The standard InChI is InChI=1S/C14H19N3/c1-3-9-15-14-16-10-11-17(14)13-7-5-12(4-2)6-8-13/h5-8,10-11H,3-4,9H2,1-2H3,(H,15,16). The van der Waals surface area contributed by atoms with Crippen LogP contribution < -0.4 is 5.32 Å². The molecule has 1 aromatic heterocycles. The molecule has 2 rings (SSSR count). The maximum Gasteiger partial charge on any atom is 0.207 e. The number of nitrogens with one attached hydrogen (secondary N) is 1. The molecule has 1 N–H and O–H groups in total. The molecule has 0 saturated carbocycles. The van der Waals surface area contributed by atoms with E-state index in [-0.39, 0.29) is 0 Å². The van der Waals surface area contributed by atoms with Crippen LogP contribution in [0.1, 0.15) is 25.8 Å². The summed E-state index contributed by atoms with van der Waals surface area (Å²) in [6.07, 6.45) is 5.98. The summed E-state index contributed by atoms with van der Waals surface area (Å²) in [5.41, 5.74) is 2.51. The Balaban J connectivity index is 2.23. The van der Waals surface area contributed by atoms with Crippen LogP contribution in [-0.2, 0) is 6.42 Å². The van der Waals surface area contributed by atoms with Crippen LogP contribution in [0.5, 0.6) is 0 Å². The Kier molecular flexibility index (Phi) is 3.81. The van der Waals surface area contributed by atoms with Crippen LogP contribution in [0, 0.1) is 0 Å². The molecular weight excluding hydrogens is 210 g/mol. The van der Waals surface area contributed by atoms with Crippen LogP contribution in [0.3, 0.4) is 0 Å². The second kappa shape index (κ2) is 5.53. The Bertz CT molecular complexity index is 457. The van der Waals surface area contributed by atoms with Crippen molar-refractivity contribution in [3.8, 4) is 5.69 Å². The third kappa shape index (κ3) is 2.67. The third-order valence-electron chi connectivity index (χ3n) is 2.80. The van der Waals surface area contributed by atoms with Crippen molar-refractivity contribution in [3.63, 3.8) is 0 Å². The van der Waals surface area contributed by atoms with Gasteiger partial charge in [-0.25, -0.2) is 4.98 Å². The average Bonchev–Trinajstić information content (AvgIpc) is 2.84. The first-order chi connectivity index (χ1) is 8.35. The van der Waals surface area contributed by atoms with Crippen molar-refractivity contribution in [3.05, 3.63) is 42.2 Å². The fourth-order valence-electron chi connectivity index (χ4n) is 1.77. The Morgan fingerprint density at radius 3 is 2.59 bits per heavy atom. The van der Waals surface area contributed by atoms with E-state index in [1.165, 1.54) is 5.56 Å². The number of nitrogens with zero attached hydrogens (tertiary/aromatic N) is 2. The molecule has 0 aliphatic rings. The molecule has 0 unspecified atom stereocenters. The number of rotatable bonds is 5. The van der Waals surface area contributed by atoms with Crippen LogP contribution in [0.4, 0.5) is 5.95 Å². The van der Waals surface area contributed by atoms with E-state index in [1.54, 1.807) is 0 Å². The summed E-state index contributed by atoms with van der Waals surface area (Å²) in [4.78, 5) is 4.32. The highest BCUT2D eigenvalue weighted by Gasteiger charge is 2.03. The first kappa shape index (κ1) is 11.7. The molecule has 1 heterocycles. The summed E-state index contributed by atoms with van der Waals surface area (Å²) < 4.78 is 2.08. The van der Waals surface area contributed by atoms with E-state index in [0.29, 0.717) is 0 Å². The van der Waals surface area contributed by atoms with Crippen LogP contribution in [0.15, 0.2) is 36.7 Å². The lowest BCUT2D eigenvalue weighted by molar-refractivity contribution is 0.936. The highest BCUT2D eigenvalue weighted by atomic mass is 15.2. The molecule has 1 aromatic carbocycles. The average molecular weight is 229 g/mol. The summed E-state index contributed by atoms with van der Waals surface area (Å²) in [7, 11) is 0. The molecule has 2 aromatic rings. The molecule has 0 fully saturated rings. The van der Waals surface area contributed by atoms with Gasteiger partial charge < -0.3 is 5.32 Å². The van der Waals surface area contributed by atoms with Gasteiger partial charge in [-0.15, -0.1) is 0 Å². The van der Waals surface area contributed by atoms with E-state index in [9.17, 15) is 0 Å². The molecule has 3 nitrogen and oxygen atoms in total.